The van der Waals surface area contributed by atoms with Crippen LogP contribution in [0.4, 0.5) is 10.5 Å². The Labute approximate surface area is 156 Å². The molecule has 1 aliphatic rings. The topological polar surface area (TPSA) is 106 Å². The van der Waals surface area contributed by atoms with Crippen LogP contribution in [0.1, 0.15) is 22.8 Å². The molecular weight excluding hydrogens is 352 g/mol. The van der Waals surface area contributed by atoms with Crippen LogP contribution in [0, 0.1) is 0 Å². The van der Waals surface area contributed by atoms with Gasteiger partial charge in [0, 0.05) is 18.7 Å². The molecule has 0 spiro atoms. The summed E-state index contributed by atoms with van der Waals surface area (Å²) in [5.41, 5.74) is 1.45. The standard InChI is InChI=1S/C19H20N2O6/c1-2-25-15-10-17-16(26-7-8-27-17)9-14(15)21-19(24)20-11-12-3-5-13(6-4-12)18(22)23/h3-6,9-10H,2,7-8,11H2,1H3,(H,22,23)(H2,20,21,24). The molecule has 1 aliphatic heterocycles. The zero-order chi connectivity index (χ0) is 19.2. The second-order valence-electron chi connectivity index (χ2n) is 5.73. The summed E-state index contributed by atoms with van der Waals surface area (Å²) >= 11 is 0. The van der Waals surface area contributed by atoms with Crippen LogP contribution in [0.25, 0.3) is 0 Å². The van der Waals surface area contributed by atoms with Gasteiger partial charge in [0.2, 0.25) is 0 Å². The third kappa shape index (κ3) is 4.60. The molecule has 2 aromatic carbocycles. The normalized spacial score (nSPS) is 12.2. The van der Waals surface area contributed by atoms with Gasteiger partial charge in [0.25, 0.3) is 0 Å². The van der Waals surface area contributed by atoms with E-state index in [4.69, 9.17) is 19.3 Å². The maximum atomic E-state index is 12.2. The van der Waals surface area contributed by atoms with Crippen molar-refractivity contribution in [1.29, 1.82) is 0 Å². The molecule has 8 nitrogen and oxygen atoms in total. The molecule has 27 heavy (non-hydrogen) atoms. The lowest BCUT2D eigenvalue weighted by atomic mass is 10.1. The lowest BCUT2D eigenvalue weighted by Gasteiger charge is -2.21. The number of ether oxygens (including phenoxy) is 3. The maximum Gasteiger partial charge on any atom is 0.335 e. The number of aromatic carboxylic acids is 1. The second-order valence-corrected chi connectivity index (χ2v) is 5.73. The number of hydrogen-bond donors (Lipinski definition) is 3. The van der Waals surface area contributed by atoms with E-state index >= 15 is 0 Å². The van der Waals surface area contributed by atoms with E-state index in [1.807, 2.05) is 6.92 Å². The van der Waals surface area contributed by atoms with Crippen molar-refractivity contribution in [3.05, 3.63) is 47.5 Å². The summed E-state index contributed by atoms with van der Waals surface area (Å²) in [7, 11) is 0. The highest BCUT2D eigenvalue weighted by Gasteiger charge is 2.18. The Hall–Kier alpha value is -3.42. The molecular formula is C19H20N2O6. The smallest absolute Gasteiger partial charge is 0.335 e. The van der Waals surface area contributed by atoms with Gasteiger partial charge in [-0.05, 0) is 24.6 Å². The average Bonchev–Trinajstić information content (AvgIpc) is 2.67. The van der Waals surface area contributed by atoms with E-state index in [1.165, 1.54) is 12.1 Å². The van der Waals surface area contributed by atoms with Crippen molar-refractivity contribution in [3.63, 3.8) is 0 Å². The zero-order valence-corrected chi connectivity index (χ0v) is 14.8. The van der Waals surface area contributed by atoms with E-state index in [0.29, 0.717) is 42.8 Å². The number of hydrogen-bond acceptors (Lipinski definition) is 5. The number of amides is 2. The van der Waals surface area contributed by atoms with E-state index in [9.17, 15) is 9.59 Å². The third-order valence-corrected chi connectivity index (χ3v) is 3.85. The molecule has 0 fully saturated rings. The summed E-state index contributed by atoms with van der Waals surface area (Å²) in [6, 6.07) is 9.23. The van der Waals surface area contributed by atoms with Gasteiger partial charge in [-0.15, -0.1) is 0 Å². The summed E-state index contributed by atoms with van der Waals surface area (Å²) in [6.45, 7) is 3.44. The first-order valence-corrected chi connectivity index (χ1v) is 8.50. The average molecular weight is 372 g/mol. The van der Waals surface area contributed by atoms with Crippen LogP contribution in [0.3, 0.4) is 0 Å². The summed E-state index contributed by atoms with van der Waals surface area (Å²) in [5, 5.41) is 14.4. The monoisotopic (exact) mass is 372 g/mol. The van der Waals surface area contributed by atoms with Crippen LogP contribution in [0.15, 0.2) is 36.4 Å². The van der Waals surface area contributed by atoms with Gasteiger partial charge in [-0.3, -0.25) is 0 Å². The first kappa shape index (κ1) is 18.4. The van der Waals surface area contributed by atoms with Crippen molar-refractivity contribution < 1.29 is 28.9 Å². The van der Waals surface area contributed by atoms with Crippen LogP contribution >= 0.6 is 0 Å². The highest BCUT2D eigenvalue weighted by Crippen LogP contribution is 2.39. The van der Waals surface area contributed by atoms with Gasteiger partial charge >= 0.3 is 12.0 Å². The number of carboxylic acid groups (broad SMARTS) is 1. The number of carboxylic acids is 1. The number of benzene rings is 2. The SMILES string of the molecule is CCOc1cc2c(cc1NC(=O)NCc1ccc(C(=O)O)cc1)OCCO2. The summed E-state index contributed by atoms with van der Waals surface area (Å²) in [6.07, 6.45) is 0. The van der Waals surface area contributed by atoms with Crippen molar-refractivity contribution in [3.8, 4) is 17.2 Å². The molecule has 0 aliphatic carbocycles. The number of nitrogens with one attached hydrogen (secondary N) is 2. The van der Waals surface area contributed by atoms with Crippen LogP contribution < -0.4 is 24.8 Å². The van der Waals surface area contributed by atoms with Crippen LogP contribution in [0.2, 0.25) is 0 Å². The Bertz CT molecular complexity index is 835. The summed E-state index contributed by atoms with van der Waals surface area (Å²) < 4.78 is 16.6. The fourth-order valence-corrected chi connectivity index (χ4v) is 2.56. The Balaban J connectivity index is 1.65. The van der Waals surface area contributed by atoms with E-state index in [-0.39, 0.29) is 12.1 Å². The van der Waals surface area contributed by atoms with Crippen molar-refractivity contribution >= 4 is 17.7 Å². The van der Waals surface area contributed by atoms with Gasteiger partial charge in [-0.1, -0.05) is 12.1 Å². The molecule has 0 atom stereocenters. The second kappa shape index (κ2) is 8.31. The summed E-state index contributed by atoms with van der Waals surface area (Å²) in [4.78, 5) is 23.1. The number of rotatable bonds is 6. The van der Waals surface area contributed by atoms with E-state index in [2.05, 4.69) is 10.6 Å². The first-order chi connectivity index (χ1) is 13.1. The highest BCUT2D eigenvalue weighted by atomic mass is 16.6. The van der Waals surface area contributed by atoms with Gasteiger partial charge < -0.3 is 30.0 Å². The fourth-order valence-electron chi connectivity index (χ4n) is 2.56. The number of urea groups is 1. The van der Waals surface area contributed by atoms with E-state index in [1.54, 1.807) is 24.3 Å². The Morgan fingerprint density at radius 2 is 1.78 bits per heavy atom. The zero-order valence-electron chi connectivity index (χ0n) is 14.8. The van der Waals surface area contributed by atoms with Crippen molar-refractivity contribution in [2.24, 2.45) is 0 Å². The molecule has 2 aromatic rings. The van der Waals surface area contributed by atoms with Crippen LogP contribution in [-0.2, 0) is 6.54 Å². The predicted octanol–water partition coefficient (Wildman–Crippen LogP) is 2.88. The number of carbonyl (C=O) groups excluding carboxylic acids is 1. The van der Waals surface area contributed by atoms with Gasteiger partial charge in [0.05, 0.1) is 17.9 Å². The Kier molecular flexibility index (Phi) is 5.65. The van der Waals surface area contributed by atoms with Crippen molar-refractivity contribution in [1.82, 2.24) is 5.32 Å². The minimum Gasteiger partial charge on any atom is -0.492 e. The number of anilines is 1. The lowest BCUT2D eigenvalue weighted by molar-refractivity contribution is 0.0697. The minimum atomic E-state index is -0.991. The molecule has 3 N–H and O–H groups in total. The molecule has 0 unspecified atom stereocenters. The molecule has 3 rings (SSSR count). The third-order valence-electron chi connectivity index (χ3n) is 3.85. The minimum absolute atomic E-state index is 0.195. The molecule has 0 bridgehead atoms. The van der Waals surface area contributed by atoms with Gasteiger partial charge in [-0.25, -0.2) is 9.59 Å². The van der Waals surface area contributed by atoms with E-state index < -0.39 is 12.0 Å². The maximum absolute atomic E-state index is 12.2. The van der Waals surface area contributed by atoms with Gasteiger partial charge in [0.15, 0.2) is 11.5 Å². The quantitative estimate of drug-likeness (QED) is 0.720. The molecule has 0 saturated carbocycles. The van der Waals surface area contributed by atoms with E-state index in [0.717, 1.165) is 5.56 Å². The van der Waals surface area contributed by atoms with Crippen molar-refractivity contribution in [2.75, 3.05) is 25.1 Å². The molecule has 2 amide bonds. The largest absolute Gasteiger partial charge is 0.492 e. The lowest BCUT2D eigenvalue weighted by Crippen LogP contribution is -2.28. The molecule has 0 aromatic heterocycles. The Morgan fingerprint density at radius 3 is 2.41 bits per heavy atom. The molecule has 1 heterocycles. The summed E-state index contributed by atoms with van der Waals surface area (Å²) in [5.74, 6) is 0.621. The molecule has 8 heteroatoms. The Morgan fingerprint density at radius 1 is 1.11 bits per heavy atom. The van der Waals surface area contributed by atoms with Crippen LogP contribution in [-0.4, -0.2) is 36.9 Å². The molecule has 0 saturated heterocycles. The first-order valence-electron chi connectivity index (χ1n) is 8.50. The molecule has 142 valence electrons. The van der Waals surface area contributed by atoms with Crippen LogP contribution in [0.5, 0.6) is 17.2 Å². The van der Waals surface area contributed by atoms with Gasteiger partial charge in [-0.2, -0.15) is 0 Å². The van der Waals surface area contributed by atoms with Gasteiger partial charge in [0.1, 0.15) is 19.0 Å². The number of fused-ring (bicyclic) bond motifs is 1. The predicted molar refractivity (Wildman–Crippen MR) is 97.9 cm³/mol. The number of carbonyl (C=O) groups is 2. The fraction of sp³-hybridized carbons (Fsp3) is 0.263. The van der Waals surface area contributed by atoms with Crippen molar-refractivity contribution in [2.45, 2.75) is 13.5 Å². The molecule has 0 radical (unpaired) electrons. The highest BCUT2D eigenvalue weighted by molar-refractivity contribution is 5.91.